The SMILES string of the molecule is N#CC1(c2cc3cc(Cl)ccc3[nH]2)CC(=O)C1. The van der Waals surface area contributed by atoms with Crippen LogP contribution in [0.4, 0.5) is 0 Å². The molecule has 1 heterocycles. The zero-order valence-electron chi connectivity index (χ0n) is 8.96. The summed E-state index contributed by atoms with van der Waals surface area (Å²) in [5.41, 5.74) is 1.11. The standard InChI is InChI=1S/C13H9ClN2O/c14-9-1-2-11-8(3-9)4-12(16-11)13(7-15)5-10(17)6-13/h1-4,16H,5-6H2. The molecule has 1 saturated carbocycles. The third-order valence-electron chi connectivity index (χ3n) is 3.31. The Hall–Kier alpha value is -1.79. The lowest BCUT2D eigenvalue weighted by Crippen LogP contribution is -2.40. The molecule has 1 aliphatic rings. The second-order valence-electron chi connectivity index (χ2n) is 4.50. The Morgan fingerprint density at radius 2 is 2.12 bits per heavy atom. The van der Waals surface area contributed by atoms with Crippen LogP contribution in [0.15, 0.2) is 24.3 Å². The molecule has 0 unspecified atom stereocenters. The van der Waals surface area contributed by atoms with Gasteiger partial charge in [0.05, 0.1) is 6.07 Å². The number of rotatable bonds is 1. The zero-order valence-corrected chi connectivity index (χ0v) is 9.71. The van der Waals surface area contributed by atoms with E-state index in [4.69, 9.17) is 11.6 Å². The Kier molecular flexibility index (Phi) is 2.04. The van der Waals surface area contributed by atoms with Gasteiger partial charge in [-0.2, -0.15) is 5.26 Å². The van der Waals surface area contributed by atoms with Crippen molar-refractivity contribution in [2.45, 2.75) is 18.3 Å². The number of ketones is 1. The molecule has 0 aliphatic heterocycles. The molecule has 3 rings (SSSR count). The van der Waals surface area contributed by atoms with E-state index < -0.39 is 5.41 Å². The number of carbonyl (C=O) groups excluding carboxylic acids is 1. The maximum atomic E-state index is 11.1. The van der Waals surface area contributed by atoms with Gasteiger partial charge in [0.1, 0.15) is 11.2 Å². The Morgan fingerprint density at radius 1 is 1.35 bits per heavy atom. The highest BCUT2D eigenvalue weighted by Crippen LogP contribution is 2.41. The van der Waals surface area contributed by atoms with Gasteiger partial charge in [-0.1, -0.05) is 11.6 Å². The normalized spacial score (nSPS) is 17.8. The second-order valence-corrected chi connectivity index (χ2v) is 4.94. The summed E-state index contributed by atoms with van der Waals surface area (Å²) in [7, 11) is 0. The van der Waals surface area contributed by atoms with E-state index in [-0.39, 0.29) is 5.78 Å². The largest absolute Gasteiger partial charge is 0.357 e. The molecule has 17 heavy (non-hydrogen) atoms. The van der Waals surface area contributed by atoms with Crippen molar-refractivity contribution in [2.75, 3.05) is 0 Å². The fraction of sp³-hybridized carbons (Fsp3) is 0.231. The number of hydrogen-bond donors (Lipinski definition) is 1. The molecule has 84 valence electrons. The van der Waals surface area contributed by atoms with Gasteiger partial charge in [0.15, 0.2) is 0 Å². The summed E-state index contributed by atoms with van der Waals surface area (Å²) >= 11 is 5.91. The second kappa shape index (κ2) is 3.35. The molecule has 1 aromatic carbocycles. The summed E-state index contributed by atoms with van der Waals surface area (Å²) in [5, 5.41) is 10.9. The number of aromatic amines is 1. The summed E-state index contributed by atoms with van der Waals surface area (Å²) in [4.78, 5) is 14.3. The molecule has 1 N–H and O–H groups in total. The van der Waals surface area contributed by atoms with E-state index in [2.05, 4.69) is 11.1 Å². The van der Waals surface area contributed by atoms with Crippen molar-refractivity contribution in [1.29, 1.82) is 5.26 Å². The van der Waals surface area contributed by atoms with Crippen molar-refractivity contribution in [1.82, 2.24) is 4.98 Å². The highest BCUT2D eigenvalue weighted by atomic mass is 35.5. The number of fused-ring (bicyclic) bond motifs is 1. The van der Waals surface area contributed by atoms with Crippen LogP contribution >= 0.6 is 11.6 Å². The topological polar surface area (TPSA) is 56.6 Å². The van der Waals surface area contributed by atoms with E-state index in [1.54, 1.807) is 6.07 Å². The van der Waals surface area contributed by atoms with Crippen molar-refractivity contribution >= 4 is 28.3 Å². The van der Waals surface area contributed by atoms with E-state index in [0.717, 1.165) is 16.6 Å². The van der Waals surface area contributed by atoms with E-state index in [1.165, 1.54) is 0 Å². The first-order valence-corrected chi connectivity index (χ1v) is 5.72. The number of halogens is 1. The van der Waals surface area contributed by atoms with E-state index in [0.29, 0.717) is 17.9 Å². The molecule has 4 heteroatoms. The van der Waals surface area contributed by atoms with Crippen molar-refractivity contribution in [3.05, 3.63) is 35.0 Å². The number of nitriles is 1. The number of benzene rings is 1. The third-order valence-corrected chi connectivity index (χ3v) is 3.55. The fourth-order valence-corrected chi connectivity index (χ4v) is 2.49. The number of hydrogen-bond acceptors (Lipinski definition) is 2. The Balaban J connectivity index is 2.13. The maximum Gasteiger partial charge on any atom is 0.136 e. The van der Waals surface area contributed by atoms with E-state index in [9.17, 15) is 10.1 Å². The number of Topliss-reactive ketones (excluding diaryl/α,β-unsaturated/α-hetero) is 1. The monoisotopic (exact) mass is 244 g/mol. The van der Waals surface area contributed by atoms with Gasteiger partial charge in [0.25, 0.3) is 0 Å². The van der Waals surface area contributed by atoms with Gasteiger partial charge in [-0.15, -0.1) is 0 Å². The smallest absolute Gasteiger partial charge is 0.136 e. The first-order valence-electron chi connectivity index (χ1n) is 5.35. The Bertz CT molecular complexity index is 658. The van der Waals surface area contributed by atoms with Crippen LogP contribution in [0.5, 0.6) is 0 Å². The van der Waals surface area contributed by atoms with Crippen molar-refractivity contribution in [3.63, 3.8) is 0 Å². The predicted molar refractivity (Wildman–Crippen MR) is 64.8 cm³/mol. The van der Waals surface area contributed by atoms with Gasteiger partial charge < -0.3 is 4.98 Å². The van der Waals surface area contributed by atoms with Gasteiger partial charge in [0.2, 0.25) is 0 Å². The predicted octanol–water partition coefficient (Wildman–Crippen LogP) is 2.95. The van der Waals surface area contributed by atoms with Crippen LogP contribution in [0, 0.1) is 11.3 Å². The molecule has 0 radical (unpaired) electrons. The minimum absolute atomic E-state index is 0.142. The molecule has 0 spiro atoms. The van der Waals surface area contributed by atoms with Gasteiger partial charge in [0, 0.05) is 34.5 Å². The molecular formula is C13H9ClN2O. The molecule has 2 aromatic rings. The van der Waals surface area contributed by atoms with Crippen molar-refractivity contribution in [2.24, 2.45) is 0 Å². The number of nitrogens with zero attached hydrogens (tertiary/aromatic N) is 1. The third kappa shape index (κ3) is 1.45. The van der Waals surface area contributed by atoms with Crippen LogP contribution in [0.25, 0.3) is 10.9 Å². The number of nitrogens with one attached hydrogen (secondary N) is 1. The molecule has 3 nitrogen and oxygen atoms in total. The molecule has 1 fully saturated rings. The van der Waals surface area contributed by atoms with Crippen LogP contribution in [0.1, 0.15) is 18.5 Å². The molecule has 0 amide bonds. The number of aromatic nitrogens is 1. The average molecular weight is 245 g/mol. The first kappa shape index (κ1) is 10.4. The lowest BCUT2D eigenvalue weighted by atomic mass is 9.67. The summed E-state index contributed by atoms with van der Waals surface area (Å²) in [5.74, 6) is 0.142. The fourth-order valence-electron chi connectivity index (χ4n) is 2.31. The van der Waals surface area contributed by atoms with Gasteiger partial charge in [-0.25, -0.2) is 0 Å². The molecular weight excluding hydrogens is 236 g/mol. The number of H-pyrrole nitrogens is 1. The van der Waals surface area contributed by atoms with Gasteiger partial charge in [-0.05, 0) is 24.3 Å². The van der Waals surface area contributed by atoms with Gasteiger partial charge in [-0.3, -0.25) is 4.79 Å². The molecule has 1 aliphatic carbocycles. The first-order chi connectivity index (χ1) is 8.13. The van der Waals surface area contributed by atoms with Crippen LogP contribution in [-0.4, -0.2) is 10.8 Å². The van der Waals surface area contributed by atoms with E-state index in [1.807, 2.05) is 18.2 Å². The minimum Gasteiger partial charge on any atom is -0.357 e. The molecule has 0 saturated heterocycles. The Labute approximate surface area is 103 Å². The minimum atomic E-state index is -0.650. The van der Waals surface area contributed by atoms with E-state index >= 15 is 0 Å². The van der Waals surface area contributed by atoms with Crippen LogP contribution < -0.4 is 0 Å². The van der Waals surface area contributed by atoms with Crippen LogP contribution in [0.3, 0.4) is 0 Å². The lowest BCUT2D eigenvalue weighted by molar-refractivity contribution is -0.126. The maximum absolute atomic E-state index is 11.1. The zero-order chi connectivity index (χ0) is 12.0. The highest BCUT2D eigenvalue weighted by molar-refractivity contribution is 6.31. The van der Waals surface area contributed by atoms with Crippen molar-refractivity contribution < 1.29 is 4.79 Å². The van der Waals surface area contributed by atoms with Crippen LogP contribution in [0.2, 0.25) is 5.02 Å². The summed E-state index contributed by atoms with van der Waals surface area (Å²) in [6.45, 7) is 0. The molecule has 1 aromatic heterocycles. The quantitative estimate of drug-likeness (QED) is 0.839. The summed E-state index contributed by atoms with van der Waals surface area (Å²) in [6.07, 6.45) is 0.619. The highest BCUT2D eigenvalue weighted by Gasteiger charge is 2.46. The average Bonchev–Trinajstić information content (AvgIpc) is 2.67. The number of carbonyl (C=O) groups is 1. The summed E-state index contributed by atoms with van der Waals surface area (Å²) < 4.78 is 0. The molecule has 0 bridgehead atoms. The van der Waals surface area contributed by atoms with Gasteiger partial charge >= 0.3 is 0 Å². The Morgan fingerprint density at radius 3 is 2.76 bits per heavy atom. The lowest BCUT2D eigenvalue weighted by Gasteiger charge is -2.32. The van der Waals surface area contributed by atoms with Crippen molar-refractivity contribution in [3.8, 4) is 6.07 Å². The van der Waals surface area contributed by atoms with Crippen LogP contribution in [-0.2, 0) is 10.2 Å². The summed E-state index contributed by atoms with van der Waals surface area (Å²) in [6, 6.07) is 9.70. The molecule has 0 atom stereocenters.